The Kier molecular flexibility index (Phi) is 3.76. The first-order valence-electron chi connectivity index (χ1n) is 5.67. The Morgan fingerprint density at radius 2 is 1.00 bits per heavy atom. The van der Waals surface area contributed by atoms with Gasteiger partial charge >= 0.3 is 0 Å². The van der Waals surface area contributed by atoms with Crippen molar-refractivity contribution in [1.29, 1.82) is 0 Å². The summed E-state index contributed by atoms with van der Waals surface area (Å²) < 4.78 is 5.58. The van der Waals surface area contributed by atoms with Crippen LogP contribution in [0.3, 0.4) is 0 Å². The van der Waals surface area contributed by atoms with E-state index in [1.807, 2.05) is 0 Å². The maximum absolute atomic E-state index is 11.0. The van der Waals surface area contributed by atoms with Crippen LogP contribution in [0.4, 0.5) is 0 Å². The third-order valence-corrected chi connectivity index (χ3v) is 2.59. The van der Waals surface area contributed by atoms with Gasteiger partial charge in [0.05, 0.1) is 0 Å². The molecule has 0 unspecified atom stereocenters. The summed E-state index contributed by atoms with van der Waals surface area (Å²) in [5.41, 5.74) is 1.07. The fourth-order valence-corrected chi connectivity index (χ4v) is 1.55. The topological polar surface area (TPSA) is 43.4 Å². The molecule has 0 fully saturated rings. The van der Waals surface area contributed by atoms with E-state index in [0.717, 1.165) is 0 Å². The van der Waals surface area contributed by atoms with Crippen molar-refractivity contribution in [3.63, 3.8) is 0 Å². The third kappa shape index (κ3) is 3.28. The van der Waals surface area contributed by atoms with Crippen LogP contribution in [0.5, 0.6) is 11.5 Å². The van der Waals surface area contributed by atoms with Crippen molar-refractivity contribution in [3.05, 3.63) is 73.5 Å². The van der Waals surface area contributed by atoms with E-state index in [2.05, 4.69) is 13.8 Å². The molecule has 0 saturated carbocycles. The number of benzene rings is 2. The van der Waals surface area contributed by atoms with Crippen LogP contribution in [0, 0.1) is 13.8 Å². The predicted octanol–water partition coefficient (Wildman–Crippen LogP) is 3.51. The Morgan fingerprint density at radius 1 is 0.684 bits per heavy atom. The van der Waals surface area contributed by atoms with E-state index in [1.165, 1.54) is 0 Å². The lowest BCUT2D eigenvalue weighted by molar-refractivity contribution is 0.103. The van der Waals surface area contributed by atoms with Crippen LogP contribution < -0.4 is 4.74 Å². The monoisotopic (exact) mass is 252 g/mol. The Labute approximate surface area is 111 Å². The highest BCUT2D eigenvalue weighted by Crippen LogP contribution is 2.22. The van der Waals surface area contributed by atoms with Gasteiger partial charge in [0.15, 0.2) is 11.6 Å². The number of rotatable bonds is 4. The van der Waals surface area contributed by atoms with Crippen LogP contribution in [0.1, 0.15) is 20.7 Å². The highest BCUT2D eigenvalue weighted by molar-refractivity contribution is 5.99. The third-order valence-electron chi connectivity index (χ3n) is 2.59. The molecule has 19 heavy (non-hydrogen) atoms. The lowest BCUT2D eigenvalue weighted by Gasteiger charge is -2.06. The van der Waals surface area contributed by atoms with Crippen molar-refractivity contribution < 1.29 is 14.3 Å². The van der Waals surface area contributed by atoms with Gasteiger partial charge in [-0.25, -0.2) is 0 Å². The smallest absolute Gasteiger partial charge is 0.163 e. The first-order chi connectivity index (χ1) is 9.06. The van der Waals surface area contributed by atoms with E-state index < -0.39 is 0 Å². The first kappa shape index (κ1) is 13.0. The minimum absolute atomic E-state index is 0.232. The molecule has 0 spiro atoms. The number of ether oxygens (including phenoxy) is 1. The zero-order chi connectivity index (χ0) is 13.8. The van der Waals surface area contributed by atoms with Gasteiger partial charge in [-0.1, -0.05) is 0 Å². The molecule has 0 saturated heterocycles. The van der Waals surface area contributed by atoms with Crippen LogP contribution >= 0.6 is 0 Å². The molecule has 3 nitrogen and oxygen atoms in total. The number of carbonyl (C=O) groups is 2. The van der Waals surface area contributed by atoms with Crippen LogP contribution in [0.2, 0.25) is 0 Å². The maximum Gasteiger partial charge on any atom is 0.163 e. The molecule has 3 heteroatoms. The zero-order valence-corrected chi connectivity index (χ0v) is 10.3. The molecule has 94 valence electrons. The lowest BCUT2D eigenvalue weighted by atomic mass is 10.1. The molecular formula is C16H12O3. The van der Waals surface area contributed by atoms with Gasteiger partial charge in [0, 0.05) is 25.0 Å². The molecule has 2 aromatic carbocycles. The van der Waals surface area contributed by atoms with Crippen molar-refractivity contribution in [3.8, 4) is 11.5 Å². The van der Waals surface area contributed by atoms with Gasteiger partial charge in [0.1, 0.15) is 11.5 Å². The van der Waals surface area contributed by atoms with E-state index in [1.54, 1.807) is 48.5 Å². The van der Waals surface area contributed by atoms with Gasteiger partial charge in [0.25, 0.3) is 0 Å². The number of ketones is 2. The predicted molar refractivity (Wildman–Crippen MR) is 72.3 cm³/mol. The lowest BCUT2D eigenvalue weighted by Crippen LogP contribution is -1.93. The van der Waals surface area contributed by atoms with E-state index in [-0.39, 0.29) is 11.6 Å². The van der Waals surface area contributed by atoms with Gasteiger partial charge in [-0.3, -0.25) is 9.59 Å². The van der Waals surface area contributed by atoms with E-state index in [4.69, 9.17) is 4.74 Å². The average molecular weight is 252 g/mol. The van der Waals surface area contributed by atoms with Crippen LogP contribution in [-0.2, 0) is 0 Å². The molecule has 0 aliphatic rings. The van der Waals surface area contributed by atoms with Crippen LogP contribution in [-0.4, -0.2) is 11.6 Å². The van der Waals surface area contributed by atoms with Crippen molar-refractivity contribution in [2.45, 2.75) is 0 Å². The summed E-state index contributed by atoms with van der Waals surface area (Å²) in [7, 11) is 0. The fraction of sp³-hybridized carbons (Fsp3) is 0. The molecule has 0 aliphatic carbocycles. The minimum atomic E-state index is -0.232. The Morgan fingerprint density at radius 3 is 1.26 bits per heavy atom. The summed E-state index contributed by atoms with van der Waals surface area (Å²) in [6, 6.07) is 13.4. The minimum Gasteiger partial charge on any atom is -0.457 e. The summed E-state index contributed by atoms with van der Waals surface area (Å²) >= 11 is 0. The molecular weight excluding hydrogens is 240 g/mol. The molecule has 0 heterocycles. The highest BCUT2D eigenvalue weighted by atomic mass is 16.5. The molecule has 0 aliphatic heterocycles. The van der Waals surface area contributed by atoms with E-state index >= 15 is 0 Å². The normalized spacial score (nSPS) is 10.0. The molecule has 2 aromatic rings. The van der Waals surface area contributed by atoms with Crippen molar-refractivity contribution in [2.75, 3.05) is 0 Å². The molecule has 2 radical (unpaired) electrons. The first-order valence-corrected chi connectivity index (χ1v) is 5.67. The second kappa shape index (κ2) is 5.48. The molecule has 2 rings (SSSR count). The molecule has 0 N–H and O–H groups in total. The molecule has 0 atom stereocenters. The molecule has 0 amide bonds. The second-order valence-corrected chi connectivity index (χ2v) is 4.00. The van der Waals surface area contributed by atoms with Crippen molar-refractivity contribution >= 4 is 11.6 Å². The zero-order valence-electron chi connectivity index (χ0n) is 10.3. The van der Waals surface area contributed by atoms with Crippen molar-refractivity contribution in [1.82, 2.24) is 0 Å². The van der Waals surface area contributed by atoms with Gasteiger partial charge in [-0.05, 0) is 48.5 Å². The fourth-order valence-electron chi connectivity index (χ4n) is 1.55. The van der Waals surface area contributed by atoms with Gasteiger partial charge in [-0.2, -0.15) is 0 Å². The molecule has 0 bridgehead atoms. The van der Waals surface area contributed by atoms with Crippen LogP contribution in [0.25, 0.3) is 0 Å². The largest absolute Gasteiger partial charge is 0.457 e. The summed E-state index contributed by atoms with van der Waals surface area (Å²) in [5.74, 6) is 0.757. The number of Topliss-reactive ketones (excluding diaryl/α,β-unsaturated/α-hetero) is 2. The number of hydrogen-bond donors (Lipinski definition) is 0. The van der Waals surface area contributed by atoms with E-state index in [0.29, 0.717) is 22.6 Å². The average Bonchev–Trinajstić information content (AvgIpc) is 2.40. The standard InChI is InChI=1S/C16H12O3/c1-11(17)13-3-7-15(8-4-13)19-16-9-5-14(6-10-16)12(2)18/h3-10H,1-2H2. The van der Waals surface area contributed by atoms with Gasteiger partial charge < -0.3 is 4.74 Å². The van der Waals surface area contributed by atoms with E-state index in [9.17, 15) is 9.59 Å². The van der Waals surface area contributed by atoms with Crippen molar-refractivity contribution in [2.24, 2.45) is 0 Å². The number of carbonyl (C=O) groups excluding carboxylic acids is 2. The molecule has 0 aromatic heterocycles. The highest BCUT2D eigenvalue weighted by Gasteiger charge is 2.02. The second-order valence-electron chi connectivity index (χ2n) is 4.00. The van der Waals surface area contributed by atoms with Gasteiger partial charge in [0.2, 0.25) is 0 Å². The van der Waals surface area contributed by atoms with Crippen LogP contribution in [0.15, 0.2) is 48.5 Å². The SMILES string of the molecule is [CH2]C(=O)c1ccc(Oc2ccc(C([CH2])=O)cc2)cc1. The summed E-state index contributed by atoms with van der Waals surface area (Å²) in [6.07, 6.45) is 0. The van der Waals surface area contributed by atoms with Gasteiger partial charge in [-0.15, -0.1) is 0 Å². The summed E-state index contributed by atoms with van der Waals surface area (Å²) in [4.78, 5) is 22.1. The Hall–Kier alpha value is -2.42. The Balaban J connectivity index is 2.12. The number of hydrogen-bond acceptors (Lipinski definition) is 3. The summed E-state index contributed by atoms with van der Waals surface area (Å²) in [5, 5.41) is 0. The maximum atomic E-state index is 11.0. The summed E-state index contributed by atoms with van der Waals surface area (Å²) in [6.45, 7) is 6.66. The quantitative estimate of drug-likeness (QED) is 0.782. The Bertz CT molecular complexity index is 539.